The summed E-state index contributed by atoms with van der Waals surface area (Å²) in [6.45, 7) is 2.59. The summed E-state index contributed by atoms with van der Waals surface area (Å²) in [6.07, 6.45) is 0.0406. The van der Waals surface area contributed by atoms with Gasteiger partial charge < -0.3 is 0 Å². The second-order valence-electron chi connectivity index (χ2n) is 4.32. The third-order valence-electron chi connectivity index (χ3n) is 2.94. The number of unbranched alkanes of at least 4 members (excludes halogenated alkanes) is 2. The maximum absolute atomic E-state index is 12.9. The van der Waals surface area contributed by atoms with Crippen LogP contribution in [0.4, 0.5) is 13.2 Å². The van der Waals surface area contributed by atoms with Crippen molar-refractivity contribution >= 4 is 10.9 Å². The number of rotatable bonds is 4. The summed E-state index contributed by atoms with van der Waals surface area (Å²) >= 11 is 0. The topological polar surface area (TPSA) is 17.8 Å². The number of fused-ring (bicyclic) bond motifs is 1. The Bertz CT molecular complexity index is 529. The first-order chi connectivity index (χ1) is 8.54. The normalized spacial score (nSPS) is 12.2. The molecule has 0 amide bonds. The van der Waals surface area contributed by atoms with Gasteiger partial charge in [0.15, 0.2) is 0 Å². The van der Waals surface area contributed by atoms with Crippen molar-refractivity contribution in [3.63, 3.8) is 0 Å². The monoisotopic (exact) mass is 256 g/mol. The second kappa shape index (κ2) is 5.00. The molecule has 0 spiro atoms. The molecule has 2 rings (SSSR count). The van der Waals surface area contributed by atoms with Crippen molar-refractivity contribution < 1.29 is 13.2 Å². The van der Waals surface area contributed by atoms with E-state index in [9.17, 15) is 13.2 Å². The largest absolute Gasteiger partial charge is 0.418 e. The standard InChI is InChI=1S/C13H15F3N2/c1-2-3-4-8-18-12-10(9-17-18)6-5-7-11(12)13(14,15)16/h5-7,9H,2-4,8H2,1H3. The van der Waals surface area contributed by atoms with Crippen LogP contribution in [0.2, 0.25) is 0 Å². The van der Waals surface area contributed by atoms with E-state index >= 15 is 0 Å². The van der Waals surface area contributed by atoms with Crippen molar-refractivity contribution in [3.8, 4) is 0 Å². The van der Waals surface area contributed by atoms with Crippen molar-refractivity contribution in [3.05, 3.63) is 30.0 Å². The van der Waals surface area contributed by atoms with Gasteiger partial charge in [-0.15, -0.1) is 0 Å². The number of aromatic nitrogens is 2. The SMILES string of the molecule is CCCCCn1ncc2cccc(C(F)(F)F)c21. The van der Waals surface area contributed by atoms with Crippen molar-refractivity contribution in [1.82, 2.24) is 9.78 Å². The van der Waals surface area contributed by atoms with Gasteiger partial charge in [0.05, 0.1) is 17.3 Å². The van der Waals surface area contributed by atoms with Crippen LogP contribution in [-0.4, -0.2) is 9.78 Å². The molecule has 0 unspecified atom stereocenters. The zero-order valence-corrected chi connectivity index (χ0v) is 10.2. The van der Waals surface area contributed by atoms with Gasteiger partial charge in [-0.05, 0) is 12.5 Å². The van der Waals surface area contributed by atoms with Crippen molar-refractivity contribution in [1.29, 1.82) is 0 Å². The minimum absolute atomic E-state index is 0.195. The third-order valence-corrected chi connectivity index (χ3v) is 2.94. The Hall–Kier alpha value is -1.52. The highest BCUT2D eigenvalue weighted by molar-refractivity contribution is 5.82. The highest BCUT2D eigenvalue weighted by Gasteiger charge is 2.33. The number of aryl methyl sites for hydroxylation is 1. The van der Waals surface area contributed by atoms with E-state index in [0.29, 0.717) is 11.9 Å². The van der Waals surface area contributed by atoms with Gasteiger partial charge in [-0.3, -0.25) is 4.68 Å². The van der Waals surface area contributed by atoms with E-state index in [1.54, 1.807) is 6.07 Å². The van der Waals surface area contributed by atoms with E-state index in [1.165, 1.54) is 16.9 Å². The average molecular weight is 256 g/mol. The van der Waals surface area contributed by atoms with Crippen LogP contribution in [-0.2, 0) is 12.7 Å². The lowest BCUT2D eigenvalue weighted by atomic mass is 10.1. The second-order valence-corrected chi connectivity index (χ2v) is 4.32. The molecule has 1 aromatic heterocycles. The van der Waals surface area contributed by atoms with Crippen LogP contribution < -0.4 is 0 Å². The fourth-order valence-electron chi connectivity index (χ4n) is 2.05. The smallest absolute Gasteiger partial charge is 0.264 e. The first-order valence-electron chi connectivity index (χ1n) is 6.05. The van der Waals surface area contributed by atoms with E-state index in [4.69, 9.17) is 0 Å². The molecular formula is C13H15F3N2. The van der Waals surface area contributed by atoms with Gasteiger partial charge >= 0.3 is 6.18 Å². The van der Waals surface area contributed by atoms with Crippen molar-refractivity contribution in [2.75, 3.05) is 0 Å². The molecule has 0 saturated heterocycles. The Labute approximate surface area is 103 Å². The van der Waals surface area contributed by atoms with Crippen molar-refractivity contribution in [2.24, 2.45) is 0 Å². The lowest BCUT2D eigenvalue weighted by Gasteiger charge is -2.10. The van der Waals surface area contributed by atoms with Crippen LogP contribution in [0.5, 0.6) is 0 Å². The number of alkyl halides is 3. The highest BCUT2D eigenvalue weighted by atomic mass is 19.4. The average Bonchev–Trinajstić information content (AvgIpc) is 2.71. The molecule has 0 aliphatic heterocycles. The molecule has 0 saturated carbocycles. The van der Waals surface area contributed by atoms with Crippen LogP contribution in [0.1, 0.15) is 31.7 Å². The van der Waals surface area contributed by atoms with E-state index in [0.717, 1.165) is 25.3 Å². The number of hydrogen-bond donors (Lipinski definition) is 0. The molecule has 0 N–H and O–H groups in total. The molecule has 2 nitrogen and oxygen atoms in total. The molecule has 18 heavy (non-hydrogen) atoms. The molecule has 0 aliphatic carbocycles. The fourth-order valence-corrected chi connectivity index (χ4v) is 2.05. The van der Waals surface area contributed by atoms with E-state index < -0.39 is 11.7 Å². The third kappa shape index (κ3) is 2.49. The van der Waals surface area contributed by atoms with E-state index in [2.05, 4.69) is 12.0 Å². The number of halogens is 3. The van der Waals surface area contributed by atoms with Gasteiger partial charge in [0.2, 0.25) is 0 Å². The van der Waals surface area contributed by atoms with Crippen LogP contribution in [0.15, 0.2) is 24.4 Å². The Balaban J connectivity index is 2.42. The molecule has 5 heteroatoms. The van der Waals surface area contributed by atoms with Gasteiger partial charge in [0.25, 0.3) is 0 Å². The van der Waals surface area contributed by atoms with Gasteiger partial charge in [0, 0.05) is 11.9 Å². The van der Waals surface area contributed by atoms with Crippen molar-refractivity contribution in [2.45, 2.75) is 38.9 Å². The van der Waals surface area contributed by atoms with Gasteiger partial charge in [-0.25, -0.2) is 0 Å². The molecule has 0 fully saturated rings. The molecule has 0 bridgehead atoms. The van der Waals surface area contributed by atoms with Gasteiger partial charge in [0.1, 0.15) is 0 Å². The molecule has 1 heterocycles. The molecule has 98 valence electrons. The summed E-state index contributed by atoms with van der Waals surface area (Å²) in [5.74, 6) is 0. The van der Waals surface area contributed by atoms with E-state index in [-0.39, 0.29) is 5.52 Å². The molecule has 0 atom stereocenters. The van der Waals surface area contributed by atoms with Crippen LogP contribution in [0.3, 0.4) is 0 Å². The van der Waals surface area contributed by atoms with Crippen LogP contribution in [0.25, 0.3) is 10.9 Å². The lowest BCUT2D eigenvalue weighted by molar-refractivity contribution is -0.136. The number of benzene rings is 1. The highest BCUT2D eigenvalue weighted by Crippen LogP contribution is 2.34. The zero-order valence-electron chi connectivity index (χ0n) is 10.2. The fraction of sp³-hybridized carbons (Fsp3) is 0.462. The predicted octanol–water partition coefficient (Wildman–Crippen LogP) is 4.25. The summed E-state index contributed by atoms with van der Waals surface area (Å²) in [6, 6.07) is 4.19. The predicted molar refractivity (Wildman–Crippen MR) is 64.3 cm³/mol. The van der Waals surface area contributed by atoms with Crippen LogP contribution in [0, 0.1) is 0 Å². The molecule has 0 aliphatic rings. The number of para-hydroxylation sites is 1. The lowest BCUT2D eigenvalue weighted by Crippen LogP contribution is -2.09. The summed E-state index contributed by atoms with van der Waals surface area (Å²) in [7, 11) is 0. The van der Waals surface area contributed by atoms with Gasteiger partial charge in [-0.1, -0.05) is 31.9 Å². The summed E-state index contributed by atoms with van der Waals surface area (Å²) in [5.41, 5.74) is -0.407. The quantitative estimate of drug-likeness (QED) is 0.748. The van der Waals surface area contributed by atoms with Gasteiger partial charge in [-0.2, -0.15) is 18.3 Å². The summed E-state index contributed by atoms with van der Waals surface area (Å²) in [4.78, 5) is 0. The molecule has 0 radical (unpaired) electrons. The number of nitrogens with zero attached hydrogens (tertiary/aromatic N) is 2. The summed E-state index contributed by atoms with van der Waals surface area (Å²) < 4.78 is 40.2. The molecular weight excluding hydrogens is 241 g/mol. The number of hydrogen-bond acceptors (Lipinski definition) is 1. The molecule has 1 aromatic carbocycles. The maximum Gasteiger partial charge on any atom is 0.418 e. The Morgan fingerprint density at radius 2 is 2.00 bits per heavy atom. The first-order valence-corrected chi connectivity index (χ1v) is 6.05. The molecule has 2 aromatic rings. The Morgan fingerprint density at radius 3 is 2.67 bits per heavy atom. The Kier molecular flexibility index (Phi) is 3.59. The minimum atomic E-state index is -4.33. The van der Waals surface area contributed by atoms with E-state index in [1.807, 2.05) is 0 Å². The zero-order chi connectivity index (χ0) is 13.2. The Morgan fingerprint density at radius 1 is 1.22 bits per heavy atom. The van der Waals surface area contributed by atoms with Crippen LogP contribution >= 0.6 is 0 Å². The first kappa shape index (κ1) is 12.9. The maximum atomic E-state index is 12.9. The minimum Gasteiger partial charge on any atom is -0.264 e. The summed E-state index contributed by atoms with van der Waals surface area (Å²) in [5, 5.41) is 4.60.